The molecule has 1 aliphatic carbocycles. The van der Waals surface area contributed by atoms with Crippen LogP contribution in [0.5, 0.6) is 0 Å². The third-order valence-corrected chi connectivity index (χ3v) is 3.53. The highest BCUT2D eigenvalue weighted by atomic mass is 16.4. The van der Waals surface area contributed by atoms with Gasteiger partial charge in [0.05, 0.1) is 0 Å². The molecule has 1 unspecified atom stereocenters. The topological polar surface area (TPSA) is 87.7 Å². The van der Waals surface area contributed by atoms with Gasteiger partial charge in [-0.1, -0.05) is 11.6 Å². The molecule has 1 saturated carbocycles. The van der Waals surface area contributed by atoms with Gasteiger partial charge in [-0.25, -0.2) is 0 Å². The number of hydrogen-bond acceptors (Lipinski definition) is 3. The van der Waals surface area contributed by atoms with Gasteiger partial charge in [-0.2, -0.15) is 0 Å². The van der Waals surface area contributed by atoms with E-state index >= 15 is 0 Å². The van der Waals surface area contributed by atoms with E-state index in [4.69, 9.17) is 10.9 Å². The molecule has 1 rings (SSSR count). The monoisotopic (exact) mass is 227 g/mol. The summed E-state index contributed by atoms with van der Waals surface area (Å²) in [4.78, 5) is 11.9. The molecule has 0 spiro atoms. The zero-order valence-corrected chi connectivity index (χ0v) is 10.2. The molecule has 0 aromatic carbocycles. The SMILES string of the molecule is CC(NC(=O)C(C)(C)C(N)=NO)C1CCC1. The number of amidine groups is 1. The second kappa shape index (κ2) is 4.72. The van der Waals surface area contributed by atoms with E-state index in [2.05, 4.69) is 10.5 Å². The summed E-state index contributed by atoms with van der Waals surface area (Å²) in [7, 11) is 0. The molecule has 0 radical (unpaired) electrons. The van der Waals surface area contributed by atoms with E-state index in [1.165, 1.54) is 19.3 Å². The molecule has 5 heteroatoms. The lowest BCUT2D eigenvalue weighted by molar-refractivity contribution is -0.127. The first-order valence-electron chi connectivity index (χ1n) is 5.68. The van der Waals surface area contributed by atoms with Gasteiger partial charge in [0.2, 0.25) is 5.91 Å². The van der Waals surface area contributed by atoms with Crippen LogP contribution in [0, 0.1) is 11.3 Å². The lowest BCUT2D eigenvalue weighted by atomic mass is 9.80. The highest BCUT2D eigenvalue weighted by Gasteiger charge is 2.35. The van der Waals surface area contributed by atoms with Crippen LogP contribution in [-0.4, -0.2) is 23.0 Å². The summed E-state index contributed by atoms with van der Waals surface area (Å²) >= 11 is 0. The second-order valence-electron chi connectivity index (χ2n) is 5.06. The van der Waals surface area contributed by atoms with Crippen LogP contribution < -0.4 is 11.1 Å². The van der Waals surface area contributed by atoms with Crippen LogP contribution in [-0.2, 0) is 4.79 Å². The quantitative estimate of drug-likeness (QED) is 0.290. The van der Waals surface area contributed by atoms with Crippen LogP contribution in [0.25, 0.3) is 0 Å². The number of rotatable bonds is 4. The summed E-state index contributed by atoms with van der Waals surface area (Å²) < 4.78 is 0. The van der Waals surface area contributed by atoms with Crippen molar-refractivity contribution < 1.29 is 10.0 Å². The fraction of sp³-hybridized carbons (Fsp3) is 0.818. The first kappa shape index (κ1) is 12.8. The predicted molar refractivity (Wildman–Crippen MR) is 62.1 cm³/mol. The van der Waals surface area contributed by atoms with Gasteiger partial charge in [0.1, 0.15) is 5.41 Å². The number of nitrogens with two attached hydrogens (primary N) is 1. The molecule has 16 heavy (non-hydrogen) atoms. The second-order valence-corrected chi connectivity index (χ2v) is 5.06. The summed E-state index contributed by atoms with van der Waals surface area (Å²) in [5.74, 6) is 0.319. The molecule has 1 amide bonds. The van der Waals surface area contributed by atoms with E-state index in [1.807, 2.05) is 6.92 Å². The minimum atomic E-state index is -0.966. The molecule has 92 valence electrons. The molecule has 4 N–H and O–H groups in total. The van der Waals surface area contributed by atoms with E-state index in [0.29, 0.717) is 5.92 Å². The maximum absolute atomic E-state index is 11.9. The van der Waals surface area contributed by atoms with Crippen molar-refractivity contribution in [1.29, 1.82) is 0 Å². The maximum Gasteiger partial charge on any atom is 0.233 e. The third-order valence-electron chi connectivity index (χ3n) is 3.53. The average molecular weight is 227 g/mol. The lowest BCUT2D eigenvalue weighted by Gasteiger charge is -2.34. The molecule has 0 aromatic heterocycles. The van der Waals surface area contributed by atoms with Gasteiger partial charge < -0.3 is 16.3 Å². The van der Waals surface area contributed by atoms with Gasteiger partial charge in [-0.05, 0) is 39.5 Å². The molecule has 0 heterocycles. The van der Waals surface area contributed by atoms with Gasteiger partial charge in [-0.3, -0.25) is 4.79 Å². The van der Waals surface area contributed by atoms with Gasteiger partial charge in [0.15, 0.2) is 5.84 Å². The summed E-state index contributed by atoms with van der Waals surface area (Å²) in [6.45, 7) is 5.29. The molecule has 0 saturated heterocycles. The molecule has 1 fully saturated rings. The Hall–Kier alpha value is -1.26. The standard InChI is InChI=1S/C11H21N3O2/c1-7(8-5-4-6-8)13-10(15)11(2,3)9(12)14-16/h7-8,16H,4-6H2,1-3H3,(H2,12,14)(H,13,15). The lowest BCUT2D eigenvalue weighted by Crippen LogP contribution is -2.50. The van der Waals surface area contributed by atoms with E-state index in [9.17, 15) is 4.79 Å². The van der Waals surface area contributed by atoms with Crippen LogP contribution in [0.4, 0.5) is 0 Å². The molecule has 1 aliphatic rings. The van der Waals surface area contributed by atoms with E-state index in [1.54, 1.807) is 13.8 Å². The van der Waals surface area contributed by atoms with Crippen LogP contribution in [0.15, 0.2) is 5.16 Å². The Morgan fingerprint density at radius 2 is 2.12 bits per heavy atom. The summed E-state index contributed by atoms with van der Waals surface area (Å²) in [6, 6.07) is 0.159. The van der Waals surface area contributed by atoms with Crippen LogP contribution in [0.2, 0.25) is 0 Å². The van der Waals surface area contributed by atoms with Crippen molar-refractivity contribution in [2.45, 2.75) is 46.1 Å². The normalized spacial score (nSPS) is 20.1. The molecule has 0 bridgehead atoms. The number of hydrogen-bond donors (Lipinski definition) is 3. The first-order chi connectivity index (χ1) is 7.39. The molecule has 0 aromatic rings. The number of amides is 1. The van der Waals surface area contributed by atoms with Crippen LogP contribution >= 0.6 is 0 Å². The van der Waals surface area contributed by atoms with E-state index < -0.39 is 5.41 Å². The Labute approximate surface area is 96.1 Å². The fourth-order valence-corrected chi connectivity index (χ4v) is 1.69. The smallest absolute Gasteiger partial charge is 0.233 e. The Bertz CT molecular complexity index is 296. The fourth-order valence-electron chi connectivity index (χ4n) is 1.69. The number of nitrogens with zero attached hydrogens (tertiary/aromatic N) is 1. The molecular weight excluding hydrogens is 206 g/mol. The summed E-state index contributed by atoms with van der Waals surface area (Å²) in [5.41, 5.74) is 4.52. The van der Waals surface area contributed by atoms with Crippen molar-refractivity contribution >= 4 is 11.7 Å². The Balaban J connectivity index is 2.56. The third kappa shape index (κ3) is 2.46. The van der Waals surface area contributed by atoms with Crippen molar-refractivity contribution in [2.24, 2.45) is 22.2 Å². The largest absolute Gasteiger partial charge is 0.409 e. The van der Waals surface area contributed by atoms with E-state index in [-0.39, 0.29) is 17.8 Å². The number of oxime groups is 1. The van der Waals surface area contributed by atoms with Gasteiger partial charge in [-0.15, -0.1) is 0 Å². The summed E-state index contributed by atoms with van der Waals surface area (Å²) in [6.07, 6.45) is 3.59. The highest BCUT2D eigenvalue weighted by molar-refractivity contribution is 6.05. The Morgan fingerprint density at radius 1 is 1.56 bits per heavy atom. The minimum Gasteiger partial charge on any atom is -0.409 e. The van der Waals surface area contributed by atoms with Crippen LogP contribution in [0.1, 0.15) is 40.0 Å². The van der Waals surface area contributed by atoms with E-state index in [0.717, 1.165) is 0 Å². The van der Waals surface area contributed by atoms with Gasteiger partial charge in [0, 0.05) is 6.04 Å². The number of carbonyl (C=O) groups excluding carboxylic acids is 1. The molecular formula is C11H21N3O2. The zero-order chi connectivity index (χ0) is 12.3. The van der Waals surface area contributed by atoms with Crippen molar-refractivity contribution in [3.63, 3.8) is 0 Å². The highest BCUT2D eigenvalue weighted by Crippen LogP contribution is 2.29. The molecule has 1 atom stereocenters. The number of nitrogens with one attached hydrogen (secondary N) is 1. The van der Waals surface area contributed by atoms with Gasteiger partial charge >= 0.3 is 0 Å². The van der Waals surface area contributed by atoms with Crippen molar-refractivity contribution in [1.82, 2.24) is 5.32 Å². The molecule has 5 nitrogen and oxygen atoms in total. The number of carbonyl (C=O) groups is 1. The van der Waals surface area contributed by atoms with Crippen molar-refractivity contribution in [3.05, 3.63) is 0 Å². The Kier molecular flexibility index (Phi) is 3.78. The first-order valence-corrected chi connectivity index (χ1v) is 5.68. The predicted octanol–water partition coefficient (Wildman–Crippen LogP) is 1.06. The Morgan fingerprint density at radius 3 is 2.50 bits per heavy atom. The molecule has 0 aliphatic heterocycles. The minimum absolute atomic E-state index is 0.0641. The maximum atomic E-state index is 11.9. The summed E-state index contributed by atoms with van der Waals surface area (Å²) in [5, 5.41) is 14.4. The van der Waals surface area contributed by atoms with Crippen molar-refractivity contribution in [3.8, 4) is 0 Å². The average Bonchev–Trinajstić information content (AvgIpc) is 2.13. The van der Waals surface area contributed by atoms with Gasteiger partial charge in [0.25, 0.3) is 0 Å². The zero-order valence-electron chi connectivity index (χ0n) is 10.2. The van der Waals surface area contributed by atoms with Crippen molar-refractivity contribution in [2.75, 3.05) is 0 Å². The van der Waals surface area contributed by atoms with Crippen LogP contribution in [0.3, 0.4) is 0 Å².